The van der Waals surface area contributed by atoms with E-state index in [1.54, 1.807) is 0 Å². The van der Waals surface area contributed by atoms with Crippen molar-refractivity contribution in [3.63, 3.8) is 0 Å². The van der Waals surface area contributed by atoms with Crippen LogP contribution in [0.1, 0.15) is 65.4 Å². The van der Waals surface area contributed by atoms with Gasteiger partial charge in [-0.1, -0.05) is 70.9 Å². The van der Waals surface area contributed by atoms with E-state index in [-0.39, 0.29) is 11.1 Å². The summed E-state index contributed by atoms with van der Waals surface area (Å²) in [4.78, 5) is 0. The Hall–Kier alpha value is -0.683. The van der Waals surface area contributed by atoms with Gasteiger partial charge >= 0.3 is 0 Å². The van der Waals surface area contributed by atoms with E-state index >= 15 is 0 Å². The summed E-state index contributed by atoms with van der Waals surface area (Å²) in [5, 5.41) is 0.240. The Labute approximate surface area is 167 Å². The lowest BCUT2D eigenvalue weighted by Gasteiger charge is -2.43. The Morgan fingerprint density at radius 3 is 2.37 bits per heavy atom. The van der Waals surface area contributed by atoms with Gasteiger partial charge in [-0.25, -0.2) is 0 Å². The number of hydrogen-bond acceptors (Lipinski definition) is 3. The molecule has 0 aliphatic carbocycles. The van der Waals surface area contributed by atoms with Crippen LogP contribution in [0.3, 0.4) is 0 Å². The molecule has 2 rings (SSSR count). The molecule has 1 fully saturated rings. The van der Waals surface area contributed by atoms with Crippen molar-refractivity contribution in [2.75, 3.05) is 6.61 Å². The fraction of sp³-hybridized carbons (Fsp3) is 0.739. The minimum absolute atomic E-state index is 0.138. The predicted octanol–water partition coefficient (Wildman–Crippen LogP) is 6.33. The van der Waals surface area contributed by atoms with Crippen LogP contribution in [0.5, 0.6) is 0 Å². The highest BCUT2D eigenvalue weighted by molar-refractivity contribution is 6.74. The minimum atomic E-state index is -1.76. The van der Waals surface area contributed by atoms with Crippen LogP contribution in [0.4, 0.5) is 0 Å². The molecule has 0 aromatic heterocycles. The first-order valence-electron chi connectivity index (χ1n) is 10.7. The third-order valence-corrected chi connectivity index (χ3v) is 10.5. The van der Waals surface area contributed by atoms with E-state index in [4.69, 9.17) is 13.9 Å². The molecule has 3 atom stereocenters. The highest BCUT2D eigenvalue weighted by Crippen LogP contribution is 2.39. The second kappa shape index (κ2) is 10.2. The molecule has 1 aromatic rings. The fourth-order valence-corrected chi connectivity index (χ4v) is 4.74. The van der Waals surface area contributed by atoms with Gasteiger partial charge in [0.05, 0.1) is 31.5 Å². The van der Waals surface area contributed by atoms with Gasteiger partial charge in [-0.2, -0.15) is 0 Å². The Balaban J connectivity index is 1.92. The van der Waals surface area contributed by atoms with Gasteiger partial charge < -0.3 is 13.9 Å². The summed E-state index contributed by atoms with van der Waals surface area (Å²) in [7, 11) is -1.76. The molecular formula is C23H40O3Si. The molecule has 3 nitrogen and oxygen atoms in total. The highest BCUT2D eigenvalue weighted by atomic mass is 28.4. The van der Waals surface area contributed by atoms with Crippen molar-refractivity contribution in [1.82, 2.24) is 0 Å². The van der Waals surface area contributed by atoms with Gasteiger partial charge in [-0.15, -0.1) is 0 Å². The van der Waals surface area contributed by atoms with Gasteiger partial charge in [0.2, 0.25) is 0 Å². The van der Waals surface area contributed by atoms with E-state index in [1.807, 2.05) is 6.07 Å². The first-order chi connectivity index (χ1) is 12.7. The van der Waals surface area contributed by atoms with Crippen LogP contribution in [0.25, 0.3) is 0 Å². The molecule has 1 aliphatic heterocycles. The number of rotatable bonds is 9. The molecule has 0 saturated carbocycles. The van der Waals surface area contributed by atoms with Gasteiger partial charge in [0.1, 0.15) is 0 Å². The van der Waals surface area contributed by atoms with Crippen LogP contribution in [-0.4, -0.2) is 33.2 Å². The summed E-state index contributed by atoms with van der Waals surface area (Å²) in [5.74, 6) is 0. The van der Waals surface area contributed by atoms with Gasteiger partial charge in [0, 0.05) is 6.42 Å². The highest BCUT2D eigenvalue weighted by Gasteiger charge is 2.41. The van der Waals surface area contributed by atoms with Crippen LogP contribution in [0.2, 0.25) is 18.1 Å². The molecule has 0 bridgehead atoms. The maximum atomic E-state index is 6.75. The average Bonchev–Trinajstić information content (AvgIpc) is 2.59. The predicted molar refractivity (Wildman–Crippen MR) is 116 cm³/mol. The third kappa shape index (κ3) is 7.34. The number of unbranched alkanes of at least 4 members (excludes halogenated alkanes) is 1. The molecule has 1 aliphatic rings. The van der Waals surface area contributed by atoms with Crippen molar-refractivity contribution in [3.05, 3.63) is 35.9 Å². The standard InChI is InChI=1S/C23H40O3Si/c1-7-8-14-20-15-21(26-27(5,6)23(2,3)4)16-22(25-20)18-24-17-19-12-10-9-11-13-19/h9-13,20-22H,7-8,14-18H2,1-6H3/t20-,21+,22-/m1/s1. The second-order valence-electron chi connectivity index (χ2n) is 9.49. The number of benzene rings is 1. The molecule has 0 unspecified atom stereocenters. The Kier molecular flexibility index (Phi) is 8.54. The molecule has 0 N–H and O–H groups in total. The summed E-state index contributed by atoms with van der Waals surface area (Å²) in [6.45, 7) is 15.2. The topological polar surface area (TPSA) is 27.7 Å². The molecule has 27 heavy (non-hydrogen) atoms. The van der Waals surface area contributed by atoms with E-state index in [1.165, 1.54) is 18.4 Å². The zero-order chi connectivity index (χ0) is 19.9. The Morgan fingerprint density at radius 1 is 1.07 bits per heavy atom. The summed E-state index contributed by atoms with van der Waals surface area (Å²) in [6.07, 6.45) is 6.27. The Bertz CT molecular complexity index is 538. The molecular weight excluding hydrogens is 352 g/mol. The van der Waals surface area contributed by atoms with Crippen LogP contribution >= 0.6 is 0 Å². The third-order valence-electron chi connectivity index (χ3n) is 6.00. The lowest BCUT2D eigenvalue weighted by molar-refractivity contribution is -0.122. The van der Waals surface area contributed by atoms with Crippen LogP contribution in [0.15, 0.2) is 30.3 Å². The van der Waals surface area contributed by atoms with Crippen molar-refractivity contribution >= 4 is 8.32 Å². The largest absolute Gasteiger partial charge is 0.414 e. The SMILES string of the molecule is CCCC[C@@H]1C[C@H](O[Si](C)(C)C(C)(C)C)C[C@H](COCc2ccccc2)O1. The fourth-order valence-electron chi connectivity index (χ4n) is 3.36. The molecule has 0 amide bonds. The summed E-state index contributed by atoms with van der Waals surface area (Å²) in [5.41, 5.74) is 1.21. The normalized spacial score (nSPS) is 24.1. The molecule has 0 radical (unpaired) electrons. The summed E-state index contributed by atoms with van der Waals surface area (Å²) < 4.78 is 19.1. The van der Waals surface area contributed by atoms with E-state index < -0.39 is 8.32 Å². The molecule has 1 heterocycles. The quantitative estimate of drug-likeness (QED) is 0.459. The maximum Gasteiger partial charge on any atom is 0.192 e. The van der Waals surface area contributed by atoms with E-state index in [9.17, 15) is 0 Å². The van der Waals surface area contributed by atoms with E-state index in [0.29, 0.717) is 25.4 Å². The van der Waals surface area contributed by atoms with Crippen LogP contribution in [0, 0.1) is 0 Å². The van der Waals surface area contributed by atoms with E-state index in [2.05, 4.69) is 65.1 Å². The molecule has 154 valence electrons. The monoisotopic (exact) mass is 392 g/mol. The summed E-state index contributed by atoms with van der Waals surface area (Å²) >= 11 is 0. The van der Waals surface area contributed by atoms with Crippen LogP contribution in [-0.2, 0) is 20.5 Å². The molecule has 4 heteroatoms. The second-order valence-corrected chi connectivity index (χ2v) is 14.3. The average molecular weight is 393 g/mol. The van der Waals surface area contributed by atoms with Crippen LogP contribution < -0.4 is 0 Å². The number of ether oxygens (including phenoxy) is 2. The zero-order valence-electron chi connectivity index (χ0n) is 18.3. The first-order valence-corrected chi connectivity index (χ1v) is 13.6. The molecule has 0 spiro atoms. The van der Waals surface area contributed by atoms with Crippen molar-refractivity contribution in [1.29, 1.82) is 0 Å². The van der Waals surface area contributed by atoms with Gasteiger partial charge in [0.15, 0.2) is 8.32 Å². The maximum absolute atomic E-state index is 6.75. The molecule has 1 aromatic carbocycles. The minimum Gasteiger partial charge on any atom is -0.414 e. The molecule has 1 saturated heterocycles. The van der Waals surface area contributed by atoms with Crippen molar-refractivity contribution in [3.8, 4) is 0 Å². The lowest BCUT2D eigenvalue weighted by atomic mass is 9.98. The van der Waals surface area contributed by atoms with Crippen molar-refractivity contribution in [2.45, 2.75) is 103 Å². The van der Waals surface area contributed by atoms with Gasteiger partial charge in [-0.3, -0.25) is 0 Å². The Morgan fingerprint density at radius 2 is 1.74 bits per heavy atom. The smallest absolute Gasteiger partial charge is 0.192 e. The number of hydrogen-bond donors (Lipinski definition) is 0. The zero-order valence-corrected chi connectivity index (χ0v) is 19.3. The summed E-state index contributed by atoms with van der Waals surface area (Å²) in [6, 6.07) is 10.4. The van der Waals surface area contributed by atoms with Gasteiger partial charge in [0.25, 0.3) is 0 Å². The lowest BCUT2D eigenvalue weighted by Crippen LogP contribution is -2.48. The van der Waals surface area contributed by atoms with Crippen molar-refractivity contribution < 1.29 is 13.9 Å². The van der Waals surface area contributed by atoms with Crippen molar-refractivity contribution in [2.24, 2.45) is 0 Å². The first kappa shape index (κ1) is 22.6. The van der Waals surface area contributed by atoms with Gasteiger partial charge in [-0.05, 0) is 36.5 Å². The van der Waals surface area contributed by atoms with E-state index in [0.717, 1.165) is 19.3 Å².